The van der Waals surface area contributed by atoms with E-state index in [4.69, 9.17) is 16.7 Å². The van der Waals surface area contributed by atoms with Crippen LogP contribution in [-0.2, 0) is 4.79 Å². The van der Waals surface area contributed by atoms with Gasteiger partial charge in [0.25, 0.3) is 0 Å². The second kappa shape index (κ2) is 4.09. The molecule has 0 atom stereocenters. The number of carbonyl (C=O) groups is 1. The summed E-state index contributed by atoms with van der Waals surface area (Å²) in [6, 6.07) is 0. The number of carboxylic acid groups (broad SMARTS) is 1. The van der Waals surface area contributed by atoms with Crippen LogP contribution in [0.4, 0.5) is 0 Å². The molecular weight excluding hydrogens is 192 g/mol. The Morgan fingerprint density at radius 1 is 1.69 bits per heavy atom. The topological polar surface area (TPSA) is 61.4 Å². The molecule has 0 bridgehead atoms. The first kappa shape index (κ1) is 10.5. The second-order valence-corrected chi connectivity index (χ2v) is 3.86. The van der Waals surface area contributed by atoms with E-state index in [-0.39, 0.29) is 12.0 Å². The highest BCUT2D eigenvalue weighted by atomic mass is 35.5. The van der Waals surface area contributed by atoms with Crippen molar-refractivity contribution in [3.05, 3.63) is 11.6 Å². The number of carboxylic acids is 1. The Kier molecular flexibility index (Phi) is 3.30. The summed E-state index contributed by atoms with van der Waals surface area (Å²) in [5, 5.41) is 15.3. The lowest BCUT2D eigenvalue weighted by Gasteiger charge is -2.42. The molecule has 0 aromatic carbocycles. The molecule has 0 amide bonds. The molecule has 13 heavy (non-hydrogen) atoms. The van der Waals surface area contributed by atoms with Crippen LogP contribution in [0.25, 0.3) is 0 Å². The van der Waals surface area contributed by atoms with Crippen LogP contribution in [-0.4, -0.2) is 36.2 Å². The lowest BCUT2D eigenvalue weighted by atomic mass is 9.88. The van der Waals surface area contributed by atoms with Gasteiger partial charge in [-0.2, -0.15) is 0 Å². The zero-order valence-electron chi connectivity index (χ0n) is 7.27. The summed E-state index contributed by atoms with van der Waals surface area (Å²) in [6.07, 6.45) is 0.115. The standard InChI is InChI=1S/C8H13ClN2O2/c1-6(9)3-11-8(2-7(12)13)4-10-5-8/h10-11H,1-5H2,(H,12,13). The van der Waals surface area contributed by atoms with Gasteiger partial charge < -0.3 is 15.7 Å². The number of halogens is 1. The first-order valence-electron chi connectivity index (χ1n) is 4.05. The zero-order chi connectivity index (χ0) is 9.90. The molecule has 0 aliphatic carbocycles. The summed E-state index contributed by atoms with van der Waals surface area (Å²) in [5.41, 5.74) is -0.330. The summed E-state index contributed by atoms with van der Waals surface area (Å²) in [7, 11) is 0. The molecule has 0 saturated carbocycles. The predicted molar refractivity (Wildman–Crippen MR) is 50.8 cm³/mol. The maximum absolute atomic E-state index is 10.5. The summed E-state index contributed by atoms with van der Waals surface area (Å²) in [5.74, 6) is -0.797. The highest BCUT2D eigenvalue weighted by molar-refractivity contribution is 6.29. The molecule has 0 unspecified atom stereocenters. The van der Waals surface area contributed by atoms with Gasteiger partial charge in [-0.1, -0.05) is 18.2 Å². The van der Waals surface area contributed by atoms with Gasteiger partial charge in [-0.15, -0.1) is 0 Å². The van der Waals surface area contributed by atoms with E-state index < -0.39 is 5.97 Å². The van der Waals surface area contributed by atoms with Crippen molar-refractivity contribution in [2.24, 2.45) is 0 Å². The third-order valence-corrected chi connectivity index (χ3v) is 2.21. The molecule has 4 nitrogen and oxygen atoms in total. The highest BCUT2D eigenvalue weighted by Crippen LogP contribution is 2.16. The Labute approximate surface area is 82.0 Å². The number of nitrogens with one attached hydrogen (secondary N) is 2. The quantitative estimate of drug-likeness (QED) is 0.597. The molecule has 1 fully saturated rings. The van der Waals surface area contributed by atoms with E-state index in [9.17, 15) is 4.79 Å². The minimum Gasteiger partial charge on any atom is -0.481 e. The van der Waals surface area contributed by atoms with E-state index >= 15 is 0 Å². The Morgan fingerprint density at radius 3 is 2.62 bits per heavy atom. The van der Waals surface area contributed by atoms with Crippen molar-refractivity contribution >= 4 is 17.6 Å². The third kappa shape index (κ3) is 2.99. The van der Waals surface area contributed by atoms with Gasteiger partial charge in [0.05, 0.1) is 12.0 Å². The van der Waals surface area contributed by atoms with Gasteiger partial charge in [-0.25, -0.2) is 0 Å². The molecule has 5 heteroatoms. The average Bonchev–Trinajstić information content (AvgIpc) is 1.93. The molecule has 3 N–H and O–H groups in total. The molecule has 1 heterocycles. The SMILES string of the molecule is C=C(Cl)CNC1(CC(=O)O)CNC1. The molecule has 1 aliphatic rings. The molecule has 0 spiro atoms. The van der Waals surface area contributed by atoms with Crippen molar-refractivity contribution in [2.45, 2.75) is 12.0 Å². The fraction of sp³-hybridized carbons (Fsp3) is 0.625. The van der Waals surface area contributed by atoms with Gasteiger partial charge in [0.2, 0.25) is 0 Å². The fourth-order valence-corrected chi connectivity index (χ4v) is 1.38. The minimum absolute atomic E-state index is 0.115. The van der Waals surface area contributed by atoms with Crippen LogP contribution in [0.5, 0.6) is 0 Å². The lowest BCUT2D eigenvalue weighted by molar-refractivity contribution is -0.139. The molecule has 1 aliphatic heterocycles. The fourth-order valence-electron chi connectivity index (χ4n) is 1.31. The van der Waals surface area contributed by atoms with Crippen LogP contribution < -0.4 is 10.6 Å². The zero-order valence-corrected chi connectivity index (χ0v) is 8.02. The smallest absolute Gasteiger partial charge is 0.305 e. The van der Waals surface area contributed by atoms with Gasteiger partial charge in [-0.05, 0) is 0 Å². The number of hydrogen-bond acceptors (Lipinski definition) is 3. The van der Waals surface area contributed by atoms with E-state index in [2.05, 4.69) is 17.2 Å². The maximum Gasteiger partial charge on any atom is 0.305 e. The molecule has 0 aromatic rings. The monoisotopic (exact) mass is 204 g/mol. The molecule has 0 aromatic heterocycles. The van der Waals surface area contributed by atoms with Crippen molar-refractivity contribution in [3.63, 3.8) is 0 Å². The Hall–Kier alpha value is -0.580. The van der Waals surface area contributed by atoms with Crippen LogP contribution in [0.1, 0.15) is 6.42 Å². The van der Waals surface area contributed by atoms with Gasteiger partial charge in [0.1, 0.15) is 0 Å². The maximum atomic E-state index is 10.5. The Morgan fingerprint density at radius 2 is 2.31 bits per heavy atom. The first-order valence-corrected chi connectivity index (χ1v) is 4.43. The molecule has 1 saturated heterocycles. The van der Waals surface area contributed by atoms with Crippen molar-refractivity contribution in [3.8, 4) is 0 Å². The van der Waals surface area contributed by atoms with Crippen LogP contribution in [0, 0.1) is 0 Å². The third-order valence-electron chi connectivity index (χ3n) is 2.07. The highest BCUT2D eigenvalue weighted by Gasteiger charge is 2.38. The van der Waals surface area contributed by atoms with Crippen LogP contribution in [0.3, 0.4) is 0 Å². The number of hydrogen-bond donors (Lipinski definition) is 3. The van der Waals surface area contributed by atoms with Gasteiger partial charge >= 0.3 is 5.97 Å². The lowest BCUT2D eigenvalue weighted by Crippen LogP contribution is -2.68. The first-order chi connectivity index (χ1) is 6.04. The Bertz CT molecular complexity index is 226. The van der Waals surface area contributed by atoms with Crippen molar-refractivity contribution in [2.75, 3.05) is 19.6 Å². The average molecular weight is 205 g/mol. The van der Waals surface area contributed by atoms with E-state index in [1.165, 1.54) is 0 Å². The summed E-state index contributed by atoms with van der Waals surface area (Å²) in [6.45, 7) is 5.33. The predicted octanol–water partition coefficient (Wildman–Crippen LogP) is 0.145. The molecule has 1 rings (SSSR count). The normalized spacial score (nSPS) is 19.2. The number of aliphatic carboxylic acids is 1. The molecule has 74 valence electrons. The van der Waals surface area contributed by atoms with Crippen LogP contribution >= 0.6 is 11.6 Å². The summed E-state index contributed by atoms with van der Waals surface area (Å²) >= 11 is 5.58. The van der Waals surface area contributed by atoms with E-state index in [0.29, 0.717) is 24.7 Å². The van der Waals surface area contributed by atoms with Crippen molar-refractivity contribution in [1.29, 1.82) is 0 Å². The van der Waals surface area contributed by atoms with E-state index in [1.807, 2.05) is 0 Å². The summed E-state index contributed by atoms with van der Waals surface area (Å²) < 4.78 is 0. The Balaban J connectivity index is 2.40. The van der Waals surface area contributed by atoms with Crippen molar-refractivity contribution < 1.29 is 9.90 Å². The largest absolute Gasteiger partial charge is 0.481 e. The summed E-state index contributed by atoms with van der Waals surface area (Å²) in [4.78, 5) is 10.5. The van der Waals surface area contributed by atoms with Crippen LogP contribution in [0.15, 0.2) is 11.6 Å². The van der Waals surface area contributed by atoms with Gasteiger partial charge in [0, 0.05) is 24.7 Å². The van der Waals surface area contributed by atoms with E-state index in [1.54, 1.807) is 0 Å². The number of rotatable bonds is 5. The molecular formula is C8H13ClN2O2. The van der Waals surface area contributed by atoms with E-state index in [0.717, 1.165) is 0 Å². The minimum atomic E-state index is -0.797. The van der Waals surface area contributed by atoms with Crippen LogP contribution in [0.2, 0.25) is 0 Å². The van der Waals surface area contributed by atoms with Gasteiger partial charge in [-0.3, -0.25) is 4.79 Å². The second-order valence-electron chi connectivity index (χ2n) is 3.33. The molecule has 0 radical (unpaired) electrons. The van der Waals surface area contributed by atoms with Crippen molar-refractivity contribution in [1.82, 2.24) is 10.6 Å². The van der Waals surface area contributed by atoms with Gasteiger partial charge in [0.15, 0.2) is 0 Å².